The highest BCUT2D eigenvalue weighted by atomic mass is 127. The van der Waals surface area contributed by atoms with Crippen LogP contribution in [0.25, 0.3) is 0 Å². The van der Waals surface area contributed by atoms with Crippen LogP contribution >= 0.6 is 24.0 Å². The maximum absolute atomic E-state index is 11.8. The number of amides is 1. The number of guanidine groups is 1. The van der Waals surface area contributed by atoms with Gasteiger partial charge in [0.1, 0.15) is 5.82 Å². The Kier molecular flexibility index (Phi) is 8.19. The second-order valence-electron chi connectivity index (χ2n) is 8.72. The third-order valence-corrected chi connectivity index (χ3v) is 6.39. The van der Waals surface area contributed by atoms with Gasteiger partial charge in [-0.1, -0.05) is 0 Å². The number of piperidine rings is 2. The van der Waals surface area contributed by atoms with Gasteiger partial charge in [-0.3, -0.25) is 4.79 Å². The molecular formula is C22H35IN6O. The Morgan fingerprint density at radius 2 is 2.10 bits per heavy atom. The second kappa shape index (κ2) is 10.6. The topological polar surface area (TPSA) is 72.9 Å². The quantitative estimate of drug-likeness (QED) is 0.359. The molecule has 7 nitrogen and oxygen atoms in total. The molecule has 30 heavy (non-hydrogen) atoms. The lowest BCUT2D eigenvalue weighted by Crippen LogP contribution is -2.51. The van der Waals surface area contributed by atoms with Crippen molar-refractivity contribution in [3.8, 4) is 0 Å². The summed E-state index contributed by atoms with van der Waals surface area (Å²) in [4.78, 5) is 26.1. The minimum absolute atomic E-state index is 0. The van der Waals surface area contributed by atoms with Crippen molar-refractivity contribution < 1.29 is 4.79 Å². The van der Waals surface area contributed by atoms with E-state index in [0.717, 1.165) is 63.9 Å². The number of carbonyl (C=O) groups is 1. The number of anilines is 1. The Morgan fingerprint density at radius 1 is 1.27 bits per heavy atom. The molecule has 3 aliphatic rings. The average Bonchev–Trinajstić information content (AvgIpc) is 3.11. The average molecular weight is 526 g/mol. The number of pyridine rings is 1. The molecular weight excluding hydrogens is 491 g/mol. The van der Waals surface area contributed by atoms with Crippen molar-refractivity contribution >= 4 is 41.7 Å². The molecule has 1 aromatic heterocycles. The van der Waals surface area contributed by atoms with Crippen molar-refractivity contribution in [3.63, 3.8) is 0 Å². The van der Waals surface area contributed by atoms with E-state index in [1.54, 1.807) is 0 Å². The fraction of sp³-hybridized carbons (Fsp3) is 0.682. The minimum Gasteiger partial charge on any atom is -0.357 e. The second-order valence-corrected chi connectivity index (χ2v) is 8.72. The summed E-state index contributed by atoms with van der Waals surface area (Å²) in [6.45, 7) is 8.49. The molecule has 0 aliphatic carbocycles. The first-order valence-electron chi connectivity index (χ1n) is 11.2. The van der Waals surface area contributed by atoms with Gasteiger partial charge in [-0.25, -0.2) is 9.98 Å². The van der Waals surface area contributed by atoms with Crippen LogP contribution in [0.15, 0.2) is 23.3 Å². The van der Waals surface area contributed by atoms with Gasteiger partial charge >= 0.3 is 0 Å². The molecule has 2 N–H and O–H groups in total. The van der Waals surface area contributed by atoms with Gasteiger partial charge in [0.15, 0.2) is 5.96 Å². The molecule has 0 saturated carbocycles. The number of nitrogens with zero attached hydrogens (tertiary/aromatic N) is 4. The Morgan fingerprint density at radius 3 is 2.83 bits per heavy atom. The number of nitrogens with one attached hydrogen (secondary N) is 2. The number of hydrogen-bond acceptors (Lipinski definition) is 4. The first-order valence-corrected chi connectivity index (χ1v) is 11.2. The SMILES string of the molecule is CCNC(=NCc1ccnc(N2CCCCC2)c1)N1CCCC2(CNC(=O)C2)C1.I. The predicted octanol–water partition coefficient (Wildman–Crippen LogP) is 2.76. The van der Waals surface area contributed by atoms with Gasteiger partial charge in [-0.05, 0) is 56.7 Å². The van der Waals surface area contributed by atoms with Crippen LogP contribution in [-0.2, 0) is 11.3 Å². The lowest BCUT2D eigenvalue weighted by atomic mass is 9.79. The van der Waals surface area contributed by atoms with Gasteiger partial charge in [-0.2, -0.15) is 0 Å². The van der Waals surface area contributed by atoms with Crippen LogP contribution in [0.4, 0.5) is 5.82 Å². The molecule has 3 saturated heterocycles. The summed E-state index contributed by atoms with van der Waals surface area (Å²) in [7, 11) is 0. The molecule has 1 amide bonds. The highest BCUT2D eigenvalue weighted by Crippen LogP contribution is 2.36. The van der Waals surface area contributed by atoms with E-state index in [4.69, 9.17) is 4.99 Å². The zero-order valence-corrected chi connectivity index (χ0v) is 20.4. The van der Waals surface area contributed by atoms with Crippen LogP contribution in [0.2, 0.25) is 0 Å². The summed E-state index contributed by atoms with van der Waals surface area (Å²) >= 11 is 0. The summed E-state index contributed by atoms with van der Waals surface area (Å²) in [5.41, 5.74) is 1.27. The van der Waals surface area contributed by atoms with Gasteiger partial charge in [-0.15, -0.1) is 24.0 Å². The number of hydrogen-bond donors (Lipinski definition) is 2. The van der Waals surface area contributed by atoms with E-state index in [1.807, 2.05) is 6.20 Å². The molecule has 0 radical (unpaired) electrons. The fourth-order valence-corrected chi connectivity index (χ4v) is 4.88. The number of aromatic nitrogens is 1. The lowest BCUT2D eigenvalue weighted by Gasteiger charge is -2.40. The summed E-state index contributed by atoms with van der Waals surface area (Å²) in [6, 6.07) is 4.26. The van der Waals surface area contributed by atoms with E-state index in [0.29, 0.717) is 13.0 Å². The van der Waals surface area contributed by atoms with Crippen LogP contribution in [-0.4, -0.2) is 61.0 Å². The van der Waals surface area contributed by atoms with Crippen LogP contribution in [0.3, 0.4) is 0 Å². The maximum Gasteiger partial charge on any atom is 0.220 e. The molecule has 166 valence electrons. The third kappa shape index (κ3) is 5.56. The van der Waals surface area contributed by atoms with Crippen molar-refractivity contribution in [1.82, 2.24) is 20.5 Å². The molecule has 1 aromatic rings. The number of likely N-dealkylation sites (tertiary alicyclic amines) is 1. The van der Waals surface area contributed by atoms with Crippen molar-refractivity contribution in [2.24, 2.45) is 10.4 Å². The third-order valence-electron chi connectivity index (χ3n) is 6.39. The molecule has 3 aliphatic heterocycles. The number of aliphatic imine (C=N–C) groups is 1. The molecule has 0 aromatic carbocycles. The maximum atomic E-state index is 11.8. The summed E-state index contributed by atoms with van der Waals surface area (Å²) < 4.78 is 0. The molecule has 1 atom stereocenters. The Bertz CT molecular complexity index is 751. The Hall–Kier alpha value is -1.58. The number of rotatable bonds is 4. The lowest BCUT2D eigenvalue weighted by molar-refractivity contribution is -0.119. The molecule has 8 heteroatoms. The van der Waals surface area contributed by atoms with Gasteiger partial charge in [0.05, 0.1) is 6.54 Å². The molecule has 4 heterocycles. The van der Waals surface area contributed by atoms with E-state index >= 15 is 0 Å². The zero-order valence-electron chi connectivity index (χ0n) is 18.0. The molecule has 0 bridgehead atoms. The molecule has 4 rings (SSSR count). The standard InChI is InChI=1S/C22H34N6O.HI/c1-2-23-21(28-12-6-8-22(17-28)14-20(29)26-16-22)25-15-18-7-9-24-19(13-18)27-10-4-3-5-11-27;/h7,9,13H,2-6,8,10-12,14-17H2,1H3,(H,23,25)(H,26,29);1H. The number of halogens is 1. The Balaban J connectivity index is 0.00000256. The van der Waals surface area contributed by atoms with Crippen molar-refractivity contribution in [1.29, 1.82) is 0 Å². The Labute approximate surface area is 197 Å². The molecule has 3 fully saturated rings. The zero-order chi connectivity index (χ0) is 20.1. The van der Waals surface area contributed by atoms with Crippen LogP contribution in [0.1, 0.15) is 51.0 Å². The first-order chi connectivity index (χ1) is 14.2. The monoisotopic (exact) mass is 526 g/mol. The van der Waals surface area contributed by atoms with Gasteiger partial charge in [0.25, 0.3) is 0 Å². The van der Waals surface area contributed by atoms with E-state index in [9.17, 15) is 4.79 Å². The smallest absolute Gasteiger partial charge is 0.220 e. The minimum atomic E-state index is 0. The van der Waals surface area contributed by atoms with E-state index in [2.05, 4.69) is 44.5 Å². The van der Waals surface area contributed by atoms with Gasteiger partial charge in [0.2, 0.25) is 5.91 Å². The first kappa shape index (κ1) is 23.1. The van der Waals surface area contributed by atoms with E-state index < -0.39 is 0 Å². The van der Waals surface area contributed by atoms with Gasteiger partial charge in [0, 0.05) is 57.3 Å². The van der Waals surface area contributed by atoms with Crippen LogP contribution in [0, 0.1) is 5.41 Å². The largest absolute Gasteiger partial charge is 0.357 e. The molecule has 1 unspecified atom stereocenters. The van der Waals surface area contributed by atoms with E-state index in [-0.39, 0.29) is 35.3 Å². The number of carbonyl (C=O) groups excluding carboxylic acids is 1. The van der Waals surface area contributed by atoms with Crippen LogP contribution < -0.4 is 15.5 Å². The van der Waals surface area contributed by atoms with E-state index in [1.165, 1.54) is 24.8 Å². The van der Waals surface area contributed by atoms with Gasteiger partial charge < -0.3 is 20.4 Å². The normalized spacial score (nSPS) is 24.6. The molecule has 1 spiro atoms. The summed E-state index contributed by atoms with van der Waals surface area (Å²) in [5.74, 6) is 2.23. The highest BCUT2D eigenvalue weighted by molar-refractivity contribution is 14.0. The summed E-state index contributed by atoms with van der Waals surface area (Å²) in [5, 5.41) is 6.49. The fourth-order valence-electron chi connectivity index (χ4n) is 4.88. The highest BCUT2D eigenvalue weighted by Gasteiger charge is 2.42. The van der Waals surface area contributed by atoms with Crippen molar-refractivity contribution in [2.45, 2.75) is 52.0 Å². The van der Waals surface area contributed by atoms with Crippen molar-refractivity contribution in [3.05, 3.63) is 23.9 Å². The summed E-state index contributed by atoms with van der Waals surface area (Å²) in [6.07, 6.45) is 8.61. The predicted molar refractivity (Wildman–Crippen MR) is 131 cm³/mol. The van der Waals surface area contributed by atoms with Crippen molar-refractivity contribution in [2.75, 3.05) is 44.2 Å². The van der Waals surface area contributed by atoms with Crippen LogP contribution in [0.5, 0.6) is 0 Å².